The van der Waals surface area contributed by atoms with Crippen LogP contribution in [0.15, 0.2) is 41.6 Å². The van der Waals surface area contributed by atoms with Gasteiger partial charge in [0.1, 0.15) is 5.75 Å². The average molecular weight is 486 g/mol. The van der Waals surface area contributed by atoms with Crippen LogP contribution in [-0.4, -0.2) is 47.9 Å². The van der Waals surface area contributed by atoms with E-state index in [0.717, 1.165) is 11.1 Å². The first kappa shape index (κ1) is 25.2. The third-order valence-electron chi connectivity index (χ3n) is 5.27. The highest BCUT2D eigenvalue weighted by Crippen LogP contribution is 2.34. The quantitative estimate of drug-likeness (QED) is 0.350. The van der Waals surface area contributed by atoms with Gasteiger partial charge in [-0.1, -0.05) is 56.8 Å². The standard InChI is InChI=1S/C24H31N5O4S/c1-24(2,3)17-9-7-15(8-10-17)22-27-28-23(29(22)25)34-14-21(30)26-13-16-11-19(32-5)20(33-6)12-18(16)31-4/h7-12H,13-14,25H2,1-6H3,(H,26,30). The van der Waals surface area contributed by atoms with Crippen LogP contribution in [0.3, 0.4) is 0 Å². The van der Waals surface area contributed by atoms with Crippen molar-refractivity contribution < 1.29 is 19.0 Å². The lowest BCUT2D eigenvalue weighted by Gasteiger charge is -2.19. The van der Waals surface area contributed by atoms with E-state index in [1.807, 2.05) is 12.1 Å². The Hall–Kier alpha value is -3.40. The molecular weight excluding hydrogens is 454 g/mol. The van der Waals surface area contributed by atoms with Crippen molar-refractivity contribution in [3.05, 3.63) is 47.5 Å². The molecule has 1 aromatic heterocycles. The molecular formula is C24H31N5O4S. The van der Waals surface area contributed by atoms with Crippen molar-refractivity contribution in [3.63, 3.8) is 0 Å². The lowest BCUT2D eigenvalue weighted by molar-refractivity contribution is -0.118. The normalized spacial score (nSPS) is 11.2. The van der Waals surface area contributed by atoms with Gasteiger partial charge in [-0.3, -0.25) is 4.79 Å². The molecule has 3 aromatic rings. The summed E-state index contributed by atoms with van der Waals surface area (Å²) in [4.78, 5) is 12.5. The van der Waals surface area contributed by atoms with Gasteiger partial charge in [0.2, 0.25) is 11.1 Å². The van der Waals surface area contributed by atoms with E-state index in [4.69, 9.17) is 20.1 Å². The van der Waals surface area contributed by atoms with Gasteiger partial charge in [-0.05, 0) is 17.0 Å². The molecule has 10 heteroatoms. The molecule has 3 rings (SSSR count). The fraction of sp³-hybridized carbons (Fsp3) is 0.375. The number of rotatable bonds is 9. The number of carbonyl (C=O) groups excluding carboxylic acids is 1. The Bertz CT molecular complexity index is 1140. The summed E-state index contributed by atoms with van der Waals surface area (Å²) >= 11 is 1.21. The number of amides is 1. The summed E-state index contributed by atoms with van der Waals surface area (Å²) in [7, 11) is 4.67. The van der Waals surface area contributed by atoms with E-state index in [2.05, 4.69) is 48.4 Å². The van der Waals surface area contributed by atoms with Crippen molar-refractivity contribution in [2.45, 2.75) is 37.9 Å². The molecule has 9 nitrogen and oxygen atoms in total. The largest absolute Gasteiger partial charge is 0.496 e. The number of hydrogen-bond acceptors (Lipinski definition) is 8. The summed E-state index contributed by atoms with van der Waals surface area (Å²) in [5.74, 6) is 8.40. The highest BCUT2D eigenvalue weighted by molar-refractivity contribution is 7.99. The molecule has 0 aliphatic heterocycles. The van der Waals surface area contributed by atoms with E-state index in [-0.39, 0.29) is 23.6 Å². The first-order valence-electron chi connectivity index (χ1n) is 10.7. The molecule has 0 spiro atoms. The first-order chi connectivity index (χ1) is 16.2. The number of hydrogen-bond donors (Lipinski definition) is 2. The Morgan fingerprint density at radius 3 is 2.21 bits per heavy atom. The molecule has 0 aliphatic carbocycles. The lowest BCUT2D eigenvalue weighted by Crippen LogP contribution is -2.25. The van der Waals surface area contributed by atoms with Gasteiger partial charge in [-0.2, -0.15) is 0 Å². The molecule has 0 fully saturated rings. The number of ether oxygens (including phenoxy) is 3. The second kappa shape index (κ2) is 10.7. The Kier molecular flexibility index (Phi) is 7.93. The smallest absolute Gasteiger partial charge is 0.230 e. The molecule has 0 bridgehead atoms. The van der Waals surface area contributed by atoms with Gasteiger partial charge in [0.25, 0.3) is 0 Å². The second-order valence-corrected chi connectivity index (χ2v) is 9.53. The van der Waals surface area contributed by atoms with Crippen molar-refractivity contribution in [2.24, 2.45) is 0 Å². The Balaban J connectivity index is 1.62. The zero-order chi connectivity index (χ0) is 24.9. The Labute approximate surface area is 204 Å². The number of methoxy groups -OCH3 is 3. The summed E-state index contributed by atoms with van der Waals surface area (Å²) in [5.41, 5.74) is 2.91. The molecule has 0 unspecified atom stereocenters. The SMILES string of the molecule is COc1cc(OC)c(OC)cc1CNC(=O)CSc1nnc(-c2ccc(C(C)(C)C)cc2)n1N. The van der Waals surface area contributed by atoms with E-state index >= 15 is 0 Å². The minimum atomic E-state index is -0.180. The minimum absolute atomic E-state index is 0.0598. The summed E-state index contributed by atoms with van der Waals surface area (Å²) in [6.45, 7) is 6.75. The van der Waals surface area contributed by atoms with Crippen LogP contribution in [0.25, 0.3) is 11.4 Å². The average Bonchev–Trinajstić information content (AvgIpc) is 3.20. The van der Waals surface area contributed by atoms with Gasteiger partial charge in [0, 0.05) is 23.7 Å². The molecule has 1 amide bonds. The maximum Gasteiger partial charge on any atom is 0.230 e. The second-order valence-electron chi connectivity index (χ2n) is 8.59. The number of carbonyl (C=O) groups is 1. The minimum Gasteiger partial charge on any atom is -0.496 e. The molecule has 0 atom stereocenters. The van der Waals surface area contributed by atoms with Gasteiger partial charge in [-0.15, -0.1) is 10.2 Å². The monoisotopic (exact) mass is 485 g/mol. The van der Waals surface area contributed by atoms with Crippen LogP contribution in [0.5, 0.6) is 17.2 Å². The molecule has 182 valence electrons. The fourth-order valence-electron chi connectivity index (χ4n) is 3.30. The van der Waals surface area contributed by atoms with Crippen LogP contribution < -0.4 is 25.4 Å². The summed E-state index contributed by atoms with van der Waals surface area (Å²) < 4.78 is 17.4. The van der Waals surface area contributed by atoms with Crippen molar-refractivity contribution in [1.82, 2.24) is 20.2 Å². The molecule has 0 aliphatic rings. The van der Waals surface area contributed by atoms with Crippen LogP contribution in [0.2, 0.25) is 0 Å². The van der Waals surface area contributed by atoms with E-state index in [0.29, 0.717) is 28.2 Å². The topological polar surface area (TPSA) is 114 Å². The van der Waals surface area contributed by atoms with Crippen molar-refractivity contribution >= 4 is 17.7 Å². The summed E-state index contributed by atoms with van der Waals surface area (Å²) in [5, 5.41) is 11.7. The first-order valence-corrected chi connectivity index (χ1v) is 11.7. The molecule has 0 radical (unpaired) electrons. The molecule has 0 saturated heterocycles. The van der Waals surface area contributed by atoms with Gasteiger partial charge in [-0.25, -0.2) is 4.68 Å². The molecule has 0 saturated carbocycles. The van der Waals surface area contributed by atoms with E-state index < -0.39 is 0 Å². The van der Waals surface area contributed by atoms with E-state index in [1.54, 1.807) is 33.5 Å². The number of aromatic nitrogens is 3. The van der Waals surface area contributed by atoms with Crippen LogP contribution in [0.4, 0.5) is 0 Å². The number of thioether (sulfide) groups is 1. The predicted octanol–water partition coefficient (Wildman–Crippen LogP) is 3.39. The van der Waals surface area contributed by atoms with E-state index in [1.165, 1.54) is 22.0 Å². The Morgan fingerprint density at radius 1 is 1.00 bits per heavy atom. The zero-order valence-electron chi connectivity index (χ0n) is 20.3. The number of nitrogens with two attached hydrogens (primary N) is 1. The third-order valence-corrected chi connectivity index (χ3v) is 6.21. The van der Waals surface area contributed by atoms with Crippen LogP contribution in [0.1, 0.15) is 31.9 Å². The summed E-state index contributed by atoms with van der Waals surface area (Å²) in [6, 6.07) is 11.6. The molecule has 1 heterocycles. The van der Waals surface area contributed by atoms with Gasteiger partial charge in [0.15, 0.2) is 17.3 Å². The number of nitrogen functional groups attached to an aromatic ring is 1. The van der Waals surface area contributed by atoms with Crippen molar-refractivity contribution in [1.29, 1.82) is 0 Å². The summed E-state index contributed by atoms with van der Waals surface area (Å²) in [6.07, 6.45) is 0. The molecule has 3 N–H and O–H groups in total. The maximum atomic E-state index is 12.5. The van der Waals surface area contributed by atoms with Gasteiger partial charge >= 0.3 is 0 Å². The zero-order valence-corrected chi connectivity index (χ0v) is 21.2. The molecule has 2 aromatic carbocycles. The van der Waals surface area contributed by atoms with Gasteiger partial charge < -0.3 is 25.4 Å². The van der Waals surface area contributed by atoms with Crippen LogP contribution in [0, 0.1) is 0 Å². The number of nitrogens with zero attached hydrogens (tertiary/aromatic N) is 3. The Morgan fingerprint density at radius 2 is 1.62 bits per heavy atom. The molecule has 34 heavy (non-hydrogen) atoms. The van der Waals surface area contributed by atoms with E-state index in [9.17, 15) is 4.79 Å². The third kappa shape index (κ3) is 5.74. The number of benzene rings is 2. The van der Waals surface area contributed by atoms with Crippen molar-refractivity contribution in [3.8, 4) is 28.6 Å². The lowest BCUT2D eigenvalue weighted by atomic mass is 9.87. The highest BCUT2D eigenvalue weighted by Gasteiger charge is 2.17. The maximum absolute atomic E-state index is 12.5. The fourth-order valence-corrected chi connectivity index (χ4v) is 3.98. The highest BCUT2D eigenvalue weighted by atomic mass is 32.2. The predicted molar refractivity (Wildman–Crippen MR) is 133 cm³/mol. The van der Waals surface area contributed by atoms with Crippen LogP contribution in [-0.2, 0) is 16.8 Å². The van der Waals surface area contributed by atoms with Crippen LogP contribution >= 0.6 is 11.8 Å². The van der Waals surface area contributed by atoms with Crippen molar-refractivity contribution in [2.75, 3.05) is 32.9 Å². The number of nitrogens with one attached hydrogen (secondary N) is 1. The van der Waals surface area contributed by atoms with Gasteiger partial charge in [0.05, 0.1) is 27.1 Å².